The summed E-state index contributed by atoms with van der Waals surface area (Å²) in [6.07, 6.45) is 5.71. The van der Waals surface area contributed by atoms with Crippen molar-refractivity contribution in [1.29, 1.82) is 0 Å². The van der Waals surface area contributed by atoms with E-state index in [1.807, 2.05) is 0 Å². The molecule has 0 bridgehead atoms. The summed E-state index contributed by atoms with van der Waals surface area (Å²) in [5.41, 5.74) is 0. The highest BCUT2D eigenvalue weighted by Crippen LogP contribution is 2.19. The smallest absolute Gasteiger partial charge is 0.317 e. The molecule has 0 spiro atoms. The lowest BCUT2D eigenvalue weighted by atomic mass is 9.98. The fourth-order valence-electron chi connectivity index (χ4n) is 2.25. The van der Waals surface area contributed by atoms with Crippen molar-refractivity contribution in [3.05, 3.63) is 18.5 Å². The number of carboxylic acids is 1. The van der Waals surface area contributed by atoms with E-state index in [9.17, 15) is 4.79 Å². The topological polar surface area (TPSA) is 78.4 Å². The summed E-state index contributed by atoms with van der Waals surface area (Å²) < 4.78 is 0. The Kier molecular flexibility index (Phi) is 4.46. The number of hydrogen-bond donors (Lipinski definition) is 2. The van der Waals surface area contributed by atoms with Crippen LogP contribution in [0.1, 0.15) is 12.8 Å². The molecule has 98 valence electrons. The summed E-state index contributed by atoms with van der Waals surface area (Å²) in [6.45, 7) is 2.62. The van der Waals surface area contributed by atoms with Gasteiger partial charge in [-0.2, -0.15) is 0 Å². The number of anilines is 1. The van der Waals surface area contributed by atoms with Crippen molar-refractivity contribution in [3.63, 3.8) is 0 Å². The maximum Gasteiger partial charge on any atom is 0.317 e. The van der Waals surface area contributed by atoms with Crippen LogP contribution in [-0.2, 0) is 4.79 Å². The quantitative estimate of drug-likeness (QED) is 0.786. The molecular weight excluding hydrogens is 232 g/mol. The molecule has 2 rings (SSSR count). The largest absolute Gasteiger partial charge is 0.480 e. The van der Waals surface area contributed by atoms with E-state index in [0.29, 0.717) is 5.92 Å². The van der Waals surface area contributed by atoms with Crippen LogP contribution in [0.3, 0.4) is 0 Å². The molecule has 0 amide bonds. The van der Waals surface area contributed by atoms with Gasteiger partial charge in [0.05, 0.1) is 6.54 Å². The minimum absolute atomic E-state index is 0.0261. The van der Waals surface area contributed by atoms with Crippen molar-refractivity contribution in [1.82, 2.24) is 15.3 Å². The van der Waals surface area contributed by atoms with Gasteiger partial charge < -0.3 is 15.3 Å². The fourth-order valence-corrected chi connectivity index (χ4v) is 2.25. The van der Waals surface area contributed by atoms with Crippen molar-refractivity contribution in [3.8, 4) is 0 Å². The molecule has 1 aliphatic rings. The third kappa shape index (κ3) is 3.66. The van der Waals surface area contributed by atoms with Gasteiger partial charge in [-0.15, -0.1) is 0 Å². The number of nitrogens with one attached hydrogen (secondary N) is 1. The van der Waals surface area contributed by atoms with E-state index in [4.69, 9.17) is 5.11 Å². The Morgan fingerprint density at radius 1 is 1.50 bits per heavy atom. The highest BCUT2D eigenvalue weighted by atomic mass is 16.4. The molecule has 1 saturated heterocycles. The Morgan fingerprint density at radius 2 is 2.28 bits per heavy atom. The highest BCUT2D eigenvalue weighted by molar-refractivity contribution is 5.68. The molecule has 1 aromatic rings. The molecule has 1 aromatic heterocycles. The van der Waals surface area contributed by atoms with Gasteiger partial charge in [-0.1, -0.05) is 0 Å². The van der Waals surface area contributed by atoms with Crippen LogP contribution < -0.4 is 10.2 Å². The van der Waals surface area contributed by atoms with Crippen molar-refractivity contribution < 1.29 is 9.90 Å². The standard InChI is InChI=1S/C12H18N4O2/c17-11(18)8-13-7-10-3-1-6-16(9-10)12-14-4-2-5-15-12/h2,4-5,10,13H,1,3,6-9H2,(H,17,18). The van der Waals surface area contributed by atoms with E-state index in [2.05, 4.69) is 20.2 Å². The van der Waals surface area contributed by atoms with Crippen molar-refractivity contribution in [2.24, 2.45) is 5.92 Å². The van der Waals surface area contributed by atoms with Gasteiger partial charge in [0.15, 0.2) is 0 Å². The molecule has 0 aromatic carbocycles. The van der Waals surface area contributed by atoms with E-state index in [1.54, 1.807) is 18.5 Å². The van der Waals surface area contributed by atoms with Crippen LogP contribution in [0, 0.1) is 5.92 Å². The van der Waals surface area contributed by atoms with Crippen LogP contribution in [0.25, 0.3) is 0 Å². The zero-order chi connectivity index (χ0) is 12.8. The van der Waals surface area contributed by atoms with Crippen molar-refractivity contribution in [2.75, 3.05) is 31.1 Å². The molecule has 2 N–H and O–H groups in total. The zero-order valence-corrected chi connectivity index (χ0v) is 10.2. The van der Waals surface area contributed by atoms with Gasteiger partial charge in [-0.25, -0.2) is 9.97 Å². The Hall–Kier alpha value is -1.69. The Bertz CT molecular complexity index is 385. The number of piperidine rings is 1. The highest BCUT2D eigenvalue weighted by Gasteiger charge is 2.21. The maximum absolute atomic E-state index is 10.4. The number of aliphatic carboxylic acids is 1. The monoisotopic (exact) mass is 250 g/mol. The lowest BCUT2D eigenvalue weighted by Gasteiger charge is -2.32. The predicted octanol–water partition coefficient (Wildman–Crippen LogP) is 0.367. The van der Waals surface area contributed by atoms with Crippen LogP contribution in [0.2, 0.25) is 0 Å². The Balaban J connectivity index is 1.83. The first-order valence-electron chi connectivity index (χ1n) is 6.20. The Morgan fingerprint density at radius 3 is 3.00 bits per heavy atom. The Labute approximate surface area is 106 Å². The van der Waals surface area contributed by atoms with E-state index < -0.39 is 5.97 Å². The maximum atomic E-state index is 10.4. The van der Waals surface area contributed by atoms with Crippen LogP contribution in [-0.4, -0.2) is 47.2 Å². The first-order valence-corrected chi connectivity index (χ1v) is 6.20. The average molecular weight is 250 g/mol. The van der Waals surface area contributed by atoms with Gasteiger partial charge in [0, 0.05) is 32.0 Å². The van der Waals surface area contributed by atoms with E-state index in [1.165, 1.54) is 0 Å². The minimum atomic E-state index is -0.811. The molecule has 0 saturated carbocycles. The van der Waals surface area contributed by atoms with Crippen molar-refractivity contribution in [2.45, 2.75) is 12.8 Å². The normalized spacial score (nSPS) is 19.8. The number of carboxylic acid groups (broad SMARTS) is 1. The third-order valence-corrected chi connectivity index (χ3v) is 3.06. The summed E-state index contributed by atoms with van der Waals surface area (Å²) in [5.74, 6) is 0.413. The number of nitrogens with zero attached hydrogens (tertiary/aromatic N) is 3. The number of carbonyl (C=O) groups is 1. The number of hydrogen-bond acceptors (Lipinski definition) is 5. The van der Waals surface area contributed by atoms with Gasteiger partial charge in [0.2, 0.25) is 5.95 Å². The second-order valence-electron chi connectivity index (χ2n) is 4.53. The van der Waals surface area contributed by atoms with Gasteiger partial charge in [-0.05, 0) is 24.8 Å². The van der Waals surface area contributed by atoms with Gasteiger partial charge >= 0.3 is 5.97 Å². The van der Waals surface area contributed by atoms with E-state index in [0.717, 1.165) is 38.4 Å². The van der Waals surface area contributed by atoms with Crippen LogP contribution in [0.15, 0.2) is 18.5 Å². The molecule has 1 fully saturated rings. The number of rotatable bonds is 5. The summed E-state index contributed by atoms with van der Waals surface area (Å²) in [6, 6.07) is 1.80. The molecule has 0 radical (unpaired) electrons. The van der Waals surface area contributed by atoms with Gasteiger partial charge in [-0.3, -0.25) is 4.79 Å². The molecule has 6 nitrogen and oxygen atoms in total. The van der Waals surface area contributed by atoms with Gasteiger partial charge in [0.1, 0.15) is 0 Å². The molecule has 0 aliphatic carbocycles. The molecule has 6 heteroatoms. The van der Waals surface area contributed by atoms with Gasteiger partial charge in [0.25, 0.3) is 0 Å². The zero-order valence-electron chi connectivity index (χ0n) is 10.2. The molecule has 1 unspecified atom stereocenters. The molecule has 2 heterocycles. The van der Waals surface area contributed by atoms with Crippen LogP contribution in [0.4, 0.5) is 5.95 Å². The molecule has 1 atom stereocenters. The second-order valence-corrected chi connectivity index (χ2v) is 4.53. The summed E-state index contributed by atoms with van der Waals surface area (Å²) in [4.78, 5) is 21.1. The van der Waals surface area contributed by atoms with Crippen LogP contribution >= 0.6 is 0 Å². The SMILES string of the molecule is O=C(O)CNCC1CCCN(c2ncccn2)C1. The molecule has 1 aliphatic heterocycles. The fraction of sp³-hybridized carbons (Fsp3) is 0.583. The number of aromatic nitrogens is 2. The molecule has 18 heavy (non-hydrogen) atoms. The third-order valence-electron chi connectivity index (χ3n) is 3.06. The lowest BCUT2D eigenvalue weighted by Crippen LogP contribution is -2.41. The van der Waals surface area contributed by atoms with Crippen molar-refractivity contribution >= 4 is 11.9 Å². The first-order chi connectivity index (χ1) is 8.75. The predicted molar refractivity (Wildman–Crippen MR) is 67.5 cm³/mol. The molecular formula is C12H18N4O2. The summed E-state index contributed by atoms with van der Waals surface area (Å²) in [5, 5.41) is 11.5. The minimum Gasteiger partial charge on any atom is -0.480 e. The van der Waals surface area contributed by atoms with E-state index >= 15 is 0 Å². The summed E-state index contributed by atoms with van der Waals surface area (Å²) >= 11 is 0. The van der Waals surface area contributed by atoms with E-state index in [-0.39, 0.29) is 6.54 Å². The second kappa shape index (κ2) is 6.30. The van der Waals surface area contributed by atoms with Crippen LogP contribution in [0.5, 0.6) is 0 Å². The first kappa shape index (κ1) is 12.8. The average Bonchev–Trinajstić information content (AvgIpc) is 2.40. The lowest BCUT2D eigenvalue weighted by molar-refractivity contribution is -0.136. The summed E-state index contributed by atoms with van der Waals surface area (Å²) in [7, 11) is 0.